The zero-order valence-electron chi connectivity index (χ0n) is 8.42. The van der Waals surface area contributed by atoms with Gasteiger partial charge in [0.05, 0.1) is 6.10 Å². The predicted octanol–water partition coefficient (Wildman–Crippen LogP) is 2.97. The van der Waals surface area contributed by atoms with Crippen LogP contribution in [0.4, 0.5) is 0 Å². The monoisotopic (exact) mass is 170 g/mol. The van der Waals surface area contributed by atoms with Gasteiger partial charge in [-0.25, -0.2) is 0 Å². The highest BCUT2D eigenvalue weighted by atomic mass is 16.3. The molecule has 0 aromatic heterocycles. The molecule has 0 saturated heterocycles. The molecule has 72 valence electrons. The van der Waals surface area contributed by atoms with Gasteiger partial charge in [0.1, 0.15) is 0 Å². The average molecular weight is 170 g/mol. The maximum atomic E-state index is 9.94. The van der Waals surface area contributed by atoms with Gasteiger partial charge in [0.2, 0.25) is 0 Å². The molecule has 2 atom stereocenters. The highest BCUT2D eigenvalue weighted by Gasteiger charge is 2.24. The van der Waals surface area contributed by atoms with Crippen LogP contribution in [0.2, 0.25) is 0 Å². The molecule has 0 bridgehead atoms. The highest BCUT2D eigenvalue weighted by Crippen LogP contribution is 2.30. The van der Waals surface area contributed by atoms with Crippen LogP contribution in [-0.2, 0) is 0 Å². The Hall–Kier alpha value is -0.0400. The Balaban J connectivity index is 2.33. The van der Waals surface area contributed by atoms with Crippen molar-refractivity contribution in [2.45, 2.75) is 58.5 Å². The van der Waals surface area contributed by atoms with Gasteiger partial charge < -0.3 is 5.11 Å². The molecule has 1 nitrogen and oxygen atoms in total. The van der Waals surface area contributed by atoms with E-state index in [0.717, 1.165) is 6.42 Å². The molecule has 1 N–H and O–H groups in total. The van der Waals surface area contributed by atoms with Crippen molar-refractivity contribution in [1.82, 2.24) is 0 Å². The zero-order chi connectivity index (χ0) is 8.97. The molecule has 1 fully saturated rings. The Bertz CT molecular complexity index is 116. The van der Waals surface area contributed by atoms with E-state index >= 15 is 0 Å². The maximum Gasteiger partial charge on any atom is 0.0593 e. The predicted molar refractivity (Wildman–Crippen MR) is 52.0 cm³/mol. The Kier molecular flexibility index (Phi) is 4.07. The smallest absolute Gasteiger partial charge is 0.0593 e. The molecule has 1 rings (SSSR count). The van der Waals surface area contributed by atoms with Crippen molar-refractivity contribution < 1.29 is 5.11 Å². The molecular formula is C11H22O. The number of hydrogen-bond acceptors (Lipinski definition) is 1. The molecule has 0 unspecified atom stereocenters. The summed E-state index contributed by atoms with van der Waals surface area (Å²) in [7, 11) is 0. The minimum Gasteiger partial charge on any atom is -0.393 e. The highest BCUT2D eigenvalue weighted by molar-refractivity contribution is 4.76. The van der Waals surface area contributed by atoms with Crippen LogP contribution in [0.25, 0.3) is 0 Å². The molecule has 0 spiro atoms. The lowest BCUT2D eigenvalue weighted by molar-refractivity contribution is 0.0385. The molecule has 1 aliphatic rings. The van der Waals surface area contributed by atoms with Crippen molar-refractivity contribution in [2.24, 2.45) is 11.8 Å². The molecule has 0 aromatic rings. The number of rotatable bonds is 3. The minimum absolute atomic E-state index is 0.0321. The summed E-state index contributed by atoms with van der Waals surface area (Å²) < 4.78 is 0. The van der Waals surface area contributed by atoms with Gasteiger partial charge in [0.15, 0.2) is 0 Å². The molecule has 0 radical (unpaired) electrons. The van der Waals surface area contributed by atoms with Crippen molar-refractivity contribution >= 4 is 0 Å². The first-order chi connectivity index (χ1) is 5.75. The minimum atomic E-state index is -0.0321. The second-order valence-corrected chi connectivity index (χ2v) is 4.27. The van der Waals surface area contributed by atoms with E-state index in [2.05, 4.69) is 13.8 Å². The van der Waals surface area contributed by atoms with E-state index in [9.17, 15) is 5.11 Å². The van der Waals surface area contributed by atoms with Gasteiger partial charge in [-0.3, -0.25) is 0 Å². The van der Waals surface area contributed by atoms with Crippen molar-refractivity contribution in [3.63, 3.8) is 0 Å². The van der Waals surface area contributed by atoms with E-state index in [0.29, 0.717) is 11.8 Å². The Morgan fingerprint density at radius 3 is 2.33 bits per heavy atom. The Morgan fingerprint density at radius 1 is 1.25 bits per heavy atom. The van der Waals surface area contributed by atoms with Gasteiger partial charge in [-0.2, -0.15) is 0 Å². The van der Waals surface area contributed by atoms with E-state index in [1.807, 2.05) is 0 Å². The van der Waals surface area contributed by atoms with Crippen LogP contribution < -0.4 is 0 Å². The van der Waals surface area contributed by atoms with Crippen LogP contribution in [0.1, 0.15) is 52.4 Å². The van der Waals surface area contributed by atoms with E-state index in [-0.39, 0.29) is 6.10 Å². The van der Waals surface area contributed by atoms with Crippen molar-refractivity contribution in [1.29, 1.82) is 0 Å². The molecular weight excluding hydrogens is 148 g/mol. The van der Waals surface area contributed by atoms with Gasteiger partial charge >= 0.3 is 0 Å². The number of aliphatic hydroxyl groups excluding tert-OH is 1. The first kappa shape index (κ1) is 10.0. The van der Waals surface area contributed by atoms with E-state index in [4.69, 9.17) is 0 Å². The van der Waals surface area contributed by atoms with Gasteiger partial charge in [-0.05, 0) is 24.7 Å². The lowest BCUT2D eigenvalue weighted by atomic mass is 9.80. The summed E-state index contributed by atoms with van der Waals surface area (Å²) in [6, 6.07) is 0. The summed E-state index contributed by atoms with van der Waals surface area (Å²) in [5, 5.41) is 9.94. The molecule has 0 heterocycles. The molecule has 1 heteroatoms. The van der Waals surface area contributed by atoms with E-state index < -0.39 is 0 Å². The van der Waals surface area contributed by atoms with Gasteiger partial charge in [-0.1, -0.05) is 39.5 Å². The number of aliphatic hydroxyl groups is 1. The number of hydrogen-bond donors (Lipinski definition) is 1. The lowest BCUT2D eigenvalue weighted by Gasteiger charge is -2.30. The van der Waals surface area contributed by atoms with Gasteiger partial charge in [-0.15, -0.1) is 0 Å². The SMILES string of the molecule is CC[C@H](C)[C@@H](O)C1CCCCC1. The fourth-order valence-electron chi connectivity index (χ4n) is 2.18. The third kappa shape index (κ3) is 2.48. The van der Waals surface area contributed by atoms with Crippen molar-refractivity contribution in [3.05, 3.63) is 0 Å². The molecule has 0 aliphatic heterocycles. The van der Waals surface area contributed by atoms with E-state index in [1.165, 1.54) is 32.1 Å². The fourth-order valence-corrected chi connectivity index (χ4v) is 2.18. The summed E-state index contributed by atoms with van der Waals surface area (Å²) >= 11 is 0. The normalized spacial score (nSPS) is 25.2. The van der Waals surface area contributed by atoms with Crippen molar-refractivity contribution in [2.75, 3.05) is 0 Å². The first-order valence-corrected chi connectivity index (χ1v) is 5.43. The largest absolute Gasteiger partial charge is 0.393 e. The Labute approximate surface area is 76.2 Å². The first-order valence-electron chi connectivity index (χ1n) is 5.43. The second-order valence-electron chi connectivity index (χ2n) is 4.27. The van der Waals surface area contributed by atoms with Crippen LogP contribution in [0, 0.1) is 11.8 Å². The molecule has 1 aliphatic carbocycles. The quantitative estimate of drug-likeness (QED) is 0.690. The van der Waals surface area contributed by atoms with Crippen LogP contribution >= 0.6 is 0 Å². The molecule has 0 aromatic carbocycles. The van der Waals surface area contributed by atoms with Crippen molar-refractivity contribution in [3.8, 4) is 0 Å². The summed E-state index contributed by atoms with van der Waals surface area (Å²) in [6.07, 6.45) is 7.63. The van der Waals surface area contributed by atoms with E-state index in [1.54, 1.807) is 0 Å². The van der Waals surface area contributed by atoms with Gasteiger partial charge in [0.25, 0.3) is 0 Å². The Morgan fingerprint density at radius 2 is 1.83 bits per heavy atom. The second kappa shape index (κ2) is 4.86. The molecule has 0 amide bonds. The zero-order valence-corrected chi connectivity index (χ0v) is 8.42. The van der Waals surface area contributed by atoms with Crippen LogP contribution in [0.3, 0.4) is 0 Å². The molecule has 1 saturated carbocycles. The average Bonchev–Trinajstić information content (AvgIpc) is 2.17. The fraction of sp³-hybridized carbons (Fsp3) is 1.00. The van der Waals surface area contributed by atoms with Gasteiger partial charge in [0, 0.05) is 0 Å². The topological polar surface area (TPSA) is 20.2 Å². The lowest BCUT2D eigenvalue weighted by Crippen LogP contribution is -2.28. The van der Waals surface area contributed by atoms with Crippen LogP contribution in [-0.4, -0.2) is 11.2 Å². The summed E-state index contributed by atoms with van der Waals surface area (Å²) in [5.41, 5.74) is 0. The summed E-state index contributed by atoms with van der Waals surface area (Å²) in [5.74, 6) is 1.10. The summed E-state index contributed by atoms with van der Waals surface area (Å²) in [6.45, 7) is 4.33. The van der Waals surface area contributed by atoms with Crippen LogP contribution in [0.15, 0.2) is 0 Å². The van der Waals surface area contributed by atoms with Crippen LogP contribution in [0.5, 0.6) is 0 Å². The third-order valence-electron chi connectivity index (χ3n) is 3.36. The maximum absolute atomic E-state index is 9.94. The third-order valence-corrected chi connectivity index (χ3v) is 3.36. The summed E-state index contributed by atoms with van der Waals surface area (Å²) in [4.78, 5) is 0. The molecule has 12 heavy (non-hydrogen) atoms. The standard InChI is InChI=1S/C11H22O/c1-3-9(2)11(12)10-7-5-4-6-8-10/h9-12H,3-8H2,1-2H3/t9-,11+/m0/s1.